The molecular weight excluding hydrogens is 423 g/mol. The van der Waals surface area contributed by atoms with E-state index in [1.54, 1.807) is 28.4 Å². The van der Waals surface area contributed by atoms with E-state index < -0.39 is 11.9 Å². The number of benzene rings is 1. The number of hydrogen-bond acceptors (Lipinski definition) is 4. The molecule has 0 atom stereocenters. The maximum Gasteiger partial charge on any atom is 0.435 e. The van der Waals surface area contributed by atoms with E-state index in [0.717, 1.165) is 22.5 Å². The van der Waals surface area contributed by atoms with Gasteiger partial charge in [-0.3, -0.25) is 18.8 Å². The predicted molar refractivity (Wildman–Crippen MR) is 110 cm³/mol. The van der Waals surface area contributed by atoms with Crippen LogP contribution in [0, 0.1) is 0 Å². The highest BCUT2D eigenvalue weighted by Gasteiger charge is 2.36. The molecule has 0 saturated carbocycles. The number of carbonyl (C=O) groups excluding carboxylic acids is 1. The van der Waals surface area contributed by atoms with Crippen LogP contribution in [0.15, 0.2) is 30.3 Å². The molecule has 1 aliphatic heterocycles. The number of aryl methyl sites for hydroxylation is 3. The summed E-state index contributed by atoms with van der Waals surface area (Å²) in [7, 11) is 4.96. The van der Waals surface area contributed by atoms with Gasteiger partial charge in [-0.15, -0.1) is 0 Å². The van der Waals surface area contributed by atoms with E-state index in [4.69, 9.17) is 0 Å². The van der Waals surface area contributed by atoms with Crippen molar-refractivity contribution in [1.82, 2.24) is 34.2 Å². The highest BCUT2D eigenvalue weighted by molar-refractivity contribution is 6.04. The first-order chi connectivity index (χ1) is 15.1. The Hall–Kier alpha value is -3.63. The minimum Gasteiger partial charge on any atom is -0.331 e. The molecule has 0 radical (unpaired) electrons. The zero-order valence-electron chi connectivity index (χ0n) is 17.7. The van der Waals surface area contributed by atoms with Gasteiger partial charge < -0.3 is 4.90 Å². The number of halogens is 3. The Morgan fingerprint density at radius 3 is 2.47 bits per heavy atom. The quantitative estimate of drug-likeness (QED) is 0.478. The maximum absolute atomic E-state index is 13.2. The standard InChI is InChI=1S/C21H20F3N7O/c1-28-15-7-5-4-6-13(15)18(27-28)20(32)31-9-8-12-14(11-31)25-30(3)19(12)16-10-17(21(22,23)24)26-29(16)2/h4-7,10H,8-9,11H2,1-3H3. The summed E-state index contributed by atoms with van der Waals surface area (Å²) in [5, 5.41) is 13.3. The molecule has 11 heteroatoms. The summed E-state index contributed by atoms with van der Waals surface area (Å²) in [5.41, 5.74) is 2.72. The van der Waals surface area contributed by atoms with Gasteiger partial charge in [0.05, 0.1) is 29.1 Å². The molecule has 4 aromatic rings. The largest absolute Gasteiger partial charge is 0.435 e. The first-order valence-electron chi connectivity index (χ1n) is 10.0. The van der Waals surface area contributed by atoms with Gasteiger partial charge in [0.25, 0.3) is 5.91 Å². The highest BCUT2D eigenvalue weighted by Crippen LogP contribution is 2.35. The second kappa shape index (κ2) is 6.94. The second-order valence-electron chi connectivity index (χ2n) is 7.90. The molecule has 0 bridgehead atoms. The van der Waals surface area contributed by atoms with Crippen molar-refractivity contribution in [3.8, 4) is 11.4 Å². The molecule has 1 aliphatic rings. The molecule has 5 rings (SSSR count). The third kappa shape index (κ3) is 3.07. The van der Waals surface area contributed by atoms with Gasteiger partial charge in [0, 0.05) is 38.6 Å². The highest BCUT2D eigenvalue weighted by atomic mass is 19.4. The van der Waals surface area contributed by atoms with Crippen LogP contribution in [-0.4, -0.2) is 46.7 Å². The zero-order chi connectivity index (χ0) is 22.8. The van der Waals surface area contributed by atoms with Crippen molar-refractivity contribution in [2.75, 3.05) is 6.54 Å². The third-order valence-electron chi connectivity index (χ3n) is 5.86. The SMILES string of the molecule is Cn1nc(C(F)(F)F)cc1-c1c2c(nn1C)CN(C(=O)c1nn(C)c3ccccc13)CC2. The number of aromatic nitrogens is 6. The van der Waals surface area contributed by atoms with Gasteiger partial charge in [0.1, 0.15) is 0 Å². The van der Waals surface area contributed by atoms with E-state index >= 15 is 0 Å². The van der Waals surface area contributed by atoms with Crippen LogP contribution in [-0.2, 0) is 40.3 Å². The number of amides is 1. The number of carbonyl (C=O) groups is 1. The lowest BCUT2D eigenvalue weighted by Gasteiger charge is -2.26. The summed E-state index contributed by atoms with van der Waals surface area (Å²) < 4.78 is 43.8. The van der Waals surface area contributed by atoms with Gasteiger partial charge in [-0.1, -0.05) is 18.2 Å². The molecule has 3 aromatic heterocycles. The van der Waals surface area contributed by atoms with E-state index in [0.29, 0.717) is 35.7 Å². The van der Waals surface area contributed by atoms with E-state index in [1.165, 1.54) is 11.7 Å². The van der Waals surface area contributed by atoms with Crippen molar-refractivity contribution in [2.45, 2.75) is 19.1 Å². The Balaban J connectivity index is 1.48. The van der Waals surface area contributed by atoms with Gasteiger partial charge in [0.15, 0.2) is 11.4 Å². The Morgan fingerprint density at radius 2 is 1.75 bits per heavy atom. The molecule has 0 spiro atoms. The second-order valence-corrected chi connectivity index (χ2v) is 7.90. The number of fused-ring (bicyclic) bond motifs is 2. The van der Waals surface area contributed by atoms with Crippen molar-refractivity contribution >= 4 is 16.8 Å². The van der Waals surface area contributed by atoms with Crippen LogP contribution in [0.5, 0.6) is 0 Å². The fourth-order valence-electron chi connectivity index (χ4n) is 4.36. The van der Waals surface area contributed by atoms with Crippen LogP contribution in [0.4, 0.5) is 13.2 Å². The lowest BCUT2D eigenvalue weighted by molar-refractivity contribution is -0.141. The average Bonchev–Trinajstić information content (AvgIpc) is 3.39. The lowest BCUT2D eigenvalue weighted by Crippen LogP contribution is -2.36. The summed E-state index contributed by atoms with van der Waals surface area (Å²) in [4.78, 5) is 14.9. The number of hydrogen-bond donors (Lipinski definition) is 0. The monoisotopic (exact) mass is 443 g/mol. The summed E-state index contributed by atoms with van der Waals surface area (Å²) in [6, 6.07) is 8.56. The fraction of sp³-hybridized carbons (Fsp3) is 0.333. The minimum absolute atomic E-state index is 0.195. The molecule has 0 saturated heterocycles. The Morgan fingerprint density at radius 1 is 1.00 bits per heavy atom. The van der Waals surface area contributed by atoms with Crippen LogP contribution in [0.3, 0.4) is 0 Å². The molecule has 166 valence electrons. The van der Waals surface area contributed by atoms with Crippen molar-refractivity contribution in [1.29, 1.82) is 0 Å². The van der Waals surface area contributed by atoms with Crippen molar-refractivity contribution in [3.05, 3.63) is 53.0 Å². The number of alkyl halides is 3. The van der Waals surface area contributed by atoms with E-state index in [2.05, 4.69) is 15.3 Å². The van der Waals surface area contributed by atoms with E-state index in [-0.39, 0.29) is 12.5 Å². The van der Waals surface area contributed by atoms with Crippen molar-refractivity contribution in [2.24, 2.45) is 21.1 Å². The van der Waals surface area contributed by atoms with Gasteiger partial charge in [0.2, 0.25) is 0 Å². The summed E-state index contributed by atoms with van der Waals surface area (Å²) >= 11 is 0. The lowest BCUT2D eigenvalue weighted by atomic mass is 10.0. The first kappa shape index (κ1) is 20.3. The summed E-state index contributed by atoms with van der Waals surface area (Å²) in [6.45, 7) is 0.677. The number of para-hydroxylation sites is 1. The van der Waals surface area contributed by atoms with Crippen molar-refractivity contribution in [3.63, 3.8) is 0 Å². The van der Waals surface area contributed by atoms with Crippen LogP contribution < -0.4 is 0 Å². The molecule has 0 unspecified atom stereocenters. The normalized spacial score (nSPS) is 14.2. The summed E-state index contributed by atoms with van der Waals surface area (Å²) in [6.07, 6.45) is -4.05. The maximum atomic E-state index is 13.2. The molecule has 0 N–H and O–H groups in total. The molecule has 0 aliphatic carbocycles. The van der Waals surface area contributed by atoms with Gasteiger partial charge in [-0.05, 0) is 18.6 Å². The topological polar surface area (TPSA) is 73.8 Å². The number of nitrogens with zero attached hydrogens (tertiary/aromatic N) is 7. The van der Waals surface area contributed by atoms with Crippen LogP contribution >= 0.6 is 0 Å². The van der Waals surface area contributed by atoms with Gasteiger partial charge in [-0.25, -0.2) is 0 Å². The molecule has 4 heterocycles. The third-order valence-corrected chi connectivity index (χ3v) is 5.86. The average molecular weight is 443 g/mol. The molecule has 1 aromatic carbocycles. The summed E-state index contributed by atoms with van der Waals surface area (Å²) in [5.74, 6) is -0.195. The first-order valence-corrected chi connectivity index (χ1v) is 10.0. The molecular formula is C21H20F3N7O. The van der Waals surface area contributed by atoms with Crippen LogP contribution in [0.25, 0.3) is 22.3 Å². The Kier molecular flexibility index (Phi) is 4.40. The molecule has 32 heavy (non-hydrogen) atoms. The number of rotatable bonds is 2. The fourth-order valence-corrected chi connectivity index (χ4v) is 4.36. The van der Waals surface area contributed by atoms with Crippen molar-refractivity contribution < 1.29 is 18.0 Å². The zero-order valence-corrected chi connectivity index (χ0v) is 17.7. The molecule has 1 amide bonds. The molecule has 0 fully saturated rings. The smallest absolute Gasteiger partial charge is 0.331 e. The van der Waals surface area contributed by atoms with Crippen LogP contribution in [0.1, 0.15) is 27.4 Å². The minimum atomic E-state index is -4.52. The van der Waals surface area contributed by atoms with E-state index in [1.807, 2.05) is 24.3 Å². The Bertz CT molecular complexity index is 1360. The predicted octanol–water partition coefficient (Wildman–Crippen LogP) is 2.92. The Labute approximate surface area is 180 Å². The van der Waals surface area contributed by atoms with Gasteiger partial charge in [-0.2, -0.15) is 28.5 Å². The van der Waals surface area contributed by atoms with E-state index in [9.17, 15) is 18.0 Å². The van der Waals surface area contributed by atoms with Gasteiger partial charge >= 0.3 is 6.18 Å². The van der Waals surface area contributed by atoms with Crippen LogP contribution in [0.2, 0.25) is 0 Å². The molecule has 8 nitrogen and oxygen atoms in total.